The maximum Gasteiger partial charge on any atom is 0.329 e. The number of furan rings is 1. The van der Waals surface area contributed by atoms with E-state index < -0.39 is 11.5 Å². The lowest BCUT2D eigenvalue weighted by Gasteiger charge is -2.30. The number of carboxylic acid groups (broad SMARTS) is 1. The summed E-state index contributed by atoms with van der Waals surface area (Å²) in [6.07, 6.45) is 1.90. The minimum atomic E-state index is -1.12. The molecule has 2 heterocycles. The fourth-order valence-electron chi connectivity index (χ4n) is 2.62. The molecule has 1 aromatic heterocycles. The van der Waals surface area contributed by atoms with Crippen LogP contribution in [0.5, 0.6) is 0 Å². The molecule has 1 aliphatic rings. The summed E-state index contributed by atoms with van der Waals surface area (Å²) in [4.78, 5) is 25.2. The number of amides is 1. The van der Waals surface area contributed by atoms with Gasteiger partial charge in [0.2, 0.25) is 0 Å². The van der Waals surface area contributed by atoms with Gasteiger partial charge in [-0.2, -0.15) is 0 Å². The molecular formula is C14H19NO4. The minimum absolute atomic E-state index is 0.240. The van der Waals surface area contributed by atoms with Gasteiger partial charge in [-0.05, 0) is 38.3 Å². The van der Waals surface area contributed by atoms with Crippen molar-refractivity contribution in [2.24, 2.45) is 0 Å². The number of rotatable bonds is 3. The van der Waals surface area contributed by atoms with Crippen LogP contribution in [0, 0.1) is 6.92 Å². The molecule has 0 aromatic carbocycles. The Hall–Kier alpha value is -1.78. The Labute approximate surface area is 112 Å². The van der Waals surface area contributed by atoms with Crippen molar-refractivity contribution in [3.05, 3.63) is 23.2 Å². The van der Waals surface area contributed by atoms with Gasteiger partial charge >= 0.3 is 5.97 Å². The van der Waals surface area contributed by atoms with Crippen molar-refractivity contribution < 1.29 is 19.1 Å². The molecule has 0 aliphatic carbocycles. The van der Waals surface area contributed by atoms with Gasteiger partial charge in [0.25, 0.3) is 5.91 Å². The smallest absolute Gasteiger partial charge is 0.329 e. The molecule has 0 radical (unpaired) electrons. The number of carboxylic acids is 1. The summed E-state index contributed by atoms with van der Waals surface area (Å²) in [5.74, 6) is -0.272. The Morgan fingerprint density at radius 1 is 1.53 bits per heavy atom. The van der Waals surface area contributed by atoms with Gasteiger partial charge in [0.1, 0.15) is 11.3 Å². The van der Waals surface area contributed by atoms with E-state index in [2.05, 4.69) is 0 Å². The summed E-state index contributed by atoms with van der Waals surface area (Å²) in [5, 5.41) is 9.32. The molecule has 0 bridgehead atoms. The van der Waals surface area contributed by atoms with Crippen molar-refractivity contribution in [2.45, 2.75) is 45.6 Å². The van der Waals surface area contributed by atoms with Crippen molar-refractivity contribution in [3.63, 3.8) is 0 Å². The van der Waals surface area contributed by atoms with Crippen LogP contribution < -0.4 is 0 Å². The largest absolute Gasteiger partial charge is 0.480 e. The Bertz CT molecular complexity index is 520. The van der Waals surface area contributed by atoms with Crippen LogP contribution in [0.2, 0.25) is 0 Å². The summed E-state index contributed by atoms with van der Waals surface area (Å²) in [5.41, 5.74) is -0.188. The van der Waals surface area contributed by atoms with Crippen LogP contribution in [0.25, 0.3) is 0 Å². The topological polar surface area (TPSA) is 70.8 Å². The number of likely N-dealkylation sites (tertiary alicyclic amines) is 1. The number of aliphatic carboxylic acids is 1. The molecule has 0 saturated carbocycles. The third-order valence-corrected chi connectivity index (χ3v) is 3.90. The number of hydrogen-bond acceptors (Lipinski definition) is 3. The molecular weight excluding hydrogens is 246 g/mol. The highest BCUT2D eigenvalue weighted by molar-refractivity contribution is 5.96. The Balaban J connectivity index is 2.30. The van der Waals surface area contributed by atoms with Gasteiger partial charge in [0.15, 0.2) is 5.76 Å². The molecule has 1 aromatic rings. The normalized spacial score (nSPS) is 22.8. The zero-order valence-corrected chi connectivity index (χ0v) is 11.5. The summed E-state index contributed by atoms with van der Waals surface area (Å²) >= 11 is 0. The van der Waals surface area contributed by atoms with E-state index in [0.717, 1.165) is 17.7 Å². The van der Waals surface area contributed by atoms with Crippen molar-refractivity contribution in [1.82, 2.24) is 4.90 Å². The first-order chi connectivity index (χ1) is 8.90. The highest BCUT2D eigenvalue weighted by atomic mass is 16.4. The predicted molar refractivity (Wildman–Crippen MR) is 69.1 cm³/mol. The SMILES string of the molecule is CCc1oc(C(=O)N2CCCC2(C)C(=O)O)cc1C. The Kier molecular flexibility index (Phi) is 3.39. The monoisotopic (exact) mass is 265 g/mol. The molecule has 1 amide bonds. The first-order valence-corrected chi connectivity index (χ1v) is 6.55. The average molecular weight is 265 g/mol. The van der Waals surface area contributed by atoms with Gasteiger partial charge in [-0.1, -0.05) is 6.92 Å². The van der Waals surface area contributed by atoms with Crippen LogP contribution in [-0.4, -0.2) is 34.0 Å². The van der Waals surface area contributed by atoms with E-state index in [-0.39, 0.29) is 11.7 Å². The van der Waals surface area contributed by atoms with Gasteiger partial charge in [-0.25, -0.2) is 4.79 Å². The molecule has 19 heavy (non-hydrogen) atoms. The summed E-state index contributed by atoms with van der Waals surface area (Å²) in [6, 6.07) is 1.70. The number of hydrogen-bond donors (Lipinski definition) is 1. The third kappa shape index (κ3) is 2.13. The second kappa shape index (κ2) is 4.72. The van der Waals surface area contributed by atoms with E-state index in [1.165, 1.54) is 4.90 Å². The minimum Gasteiger partial charge on any atom is -0.480 e. The molecule has 1 aliphatic heterocycles. The standard InChI is InChI=1S/C14H19NO4/c1-4-10-9(2)8-11(19-10)12(16)15-7-5-6-14(15,3)13(17)18/h8H,4-7H2,1-3H3,(H,17,18). The van der Waals surface area contributed by atoms with Gasteiger partial charge < -0.3 is 14.4 Å². The van der Waals surface area contributed by atoms with E-state index in [9.17, 15) is 14.7 Å². The number of carbonyl (C=O) groups is 2. The molecule has 2 rings (SSSR count). The van der Waals surface area contributed by atoms with E-state index >= 15 is 0 Å². The van der Waals surface area contributed by atoms with Crippen LogP contribution in [-0.2, 0) is 11.2 Å². The third-order valence-electron chi connectivity index (χ3n) is 3.90. The van der Waals surface area contributed by atoms with Gasteiger partial charge in [0.05, 0.1) is 0 Å². The molecule has 104 valence electrons. The lowest BCUT2D eigenvalue weighted by Crippen LogP contribution is -2.50. The van der Waals surface area contributed by atoms with Gasteiger partial charge in [-0.15, -0.1) is 0 Å². The van der Waals surface area contributed by atoms with Crippen molar-refractivity contribution >= 4 is 11.9 Å². The maximum absolute atomic E-state index is 12.4. The molecule has 1 atom stereocenters. The van der Waals surface area contributed by atoms with E-state index in [1.54, 1.807) is 13.0 Å². The van der Waals surface area contributed by atoms with Crippen LogP contribution in [0.15, 0.2) is 10.5 Å². The number of aryl methyl sites for hydroxylation is 2. The number of nitrogens with zero attached hydrogens (tertiary/aromatic N) is 1. The van der Waals surface area contributed by atoms with E-state index in [0.29, 0.717) is 19.4 Å². The Morgan fingerprint density at radius 2 is 2.21 bits per heavy atom. The first kappa shape index (κ1) is 13.6. The summed E-state index contributed by atoms with van der Waals surface area (Å²) in [6.45, 7) is 5.90. The molecule has 5 heteroatoms. The highest BCUT2D eigenvalue weighted by Gasteiger charge is 2.46. The second-order valence-electron chi connectivity index (χ2n) is 5.21. The van der Waals surface area contributed by atoms with Gasteiger partial charge in [0, 0.05) is 13.0 Å². The quantitative estimate of drug-likeness (QED) is 0.909. The predicted octanol–water partition coefficient (Wildman–Crippen LogP) is 2.23. The van der Waals surface area contributed by atoms with Crippen LogP contribution in [0.3, 0.4) is 0 Å². The summed E-state index contributed by atoms with van der Waals surface area (Å²) in [7, 11) is 0. The van der Waals surface area contributed by atoms with Gasteiger partial charge in [-0.3, -0.25) is 4.79 Å². The molecule has 1 saturated heterocycles. The van der Waals surface area contributed by atoms with Crippen LogP contribution >= 0.6 is 0 Å². The van der Waals surface area contributed by atoms with E-state index in [1.807, 2.05) is 13.8 Å². The Morgan fingerprint density at radius 3 is 2.74 bits per heavy atom. The van der Waals surface area contributed by atoms with Crippen LogP contribution in [0.4, 0.5) is 0 Å². The maximum atomic E-state index is 12.4. The van der Waals surface area contributed by atoms with E-state index in [4.69, 9.17) is 4.42 Å². The van der Waals surface area contributed by atoms with Crippen molar-refractivity contribution in [3.8, 4) is 0 Å². The molecule has 0 spiro atoms. The lowest BCUT2D eigenvalue weighted by molar-refractivity contribution is -0.147. The zero-order chi connectivity index (χ0) is 14.2. The zero-order valence-electron chi connectivity index (χ0n) is 11.5. The second-order valence-corrected chi connectivity index (χ2v) is 5.21. The van der Waals surface area contributed by atoms with Crippen LogP contribution in [0.1, 0.15) is 48.6 Å². The fraction of sp³-hybridized carbons (Fsp3) is 0.571. The molecule has 1 fully saturated rings. The van der Waals surface area contributed by atoms with Crippen molar-refractivity contribution in [2.75, 3.05) is 6.54 Å². The fourth-order valence-corrected chi connectivity index (χ4v) is 2.62. The lowest BCUT2D eigenvalue weighted by atomic mass is 9.99. The van der Waals surface area contributed by atoms with Crippen molar-refractivity contribution in [1.29, 1.82) is 0 Å². The molecule has 1 N–H and O–H groups in total. The highest BCUT2D eigenvalue weighted by Crippen LogP contribution is 2.31. The molecule has 5 nitrogen and oxygen atoms in total. The summed E-state index contributed by atoms with van der Waals surface area (Å²) < 4.78 is 5.53. The number of carbonyl (C=O) groups excluding carboxylic acids is 1. The first-order valence-electron chi connectivity index (χ1n) is 6.55. The average Bonchev–Trinajstić information content (AvgIpc) is 2.92. The molecule has 1 unspecified atom stereocenters.